The van der Waals surface area contributed by atoms with E-state index in [0.29, 0.717) is 11.7 Å². The Bertz CT molecular complexity index is 512. The Morgan fingerprint density at radius 3 is 2.73 bits per heavy atom. The molecule has 0 bridgehead atoms. The van der Waals surface area contributed by atoms with Crippen LogP contribution in [0.5, 0.6) is 0 Å². The first-order chi connectivity index (χ1) is 7.16. The van der Waals surface area contributed by atoms with Gasteiger partial charge in [0, 0.05) is 25.6 Å². The third-order valence-corrected chi connectivity index (χ3v) is 2.38. The molecule has 0 atom stereocenters. The highest BCUT2D eigenvalue weighted by atomic mass is 35.5. The standard InChI is InChI=1S/C10H10ClN3O/c1-13-4-5-14(10(13)15)7-8-2-3-9(11)12-6-8/h2-6H,7H2,1H3. The Balaban J connectivity index is 2.26. The summed E-state index contributed by atoms with van der Waals surface area (Å²) in [5.41, 5.74) is 0.914. The zero-order valence-electron chi connectivity index (χ0n) is 8.22. The molecule has 0 saturated carbocycles. The molecule has 4 nitrogen and oxygen atoms in total. The average Bonchev–Trinajstić information content (AvgIpc) is 2.53. The number of aromatic nitrogens is 3. The van der Waals surface area contributed by atoms with Crippen LogP contribution >= 0.6 is 11.6 Å². The molecule has 78 valence electrons. The van der Waals surface area contributed by atoms with Gasteiger partial charge in [-0.1, -0.05) is 17.7 Å². The minimum Gasteiger partial charge on any atom is -0.302 e. The maximum absolute atomic E-state index is 11.5. The van der Waals surface area contributed by atoms with E-state index < -0.39 is 0 Å². The number of halogens is 1. The van der Waals surface area contributed by atoms with Gasteiger partial charge in [0.2, 0.25) is 0 Å². The number of hydrogen-bond donors (Lipinski definition) is 0. The third kappa shape index (κ3) is 2.10. The van der Waals surface area contributed by atoms with Crippen molar-refractivity contribution in [1.29, 1.82) is 0 Å². The fraction of sp³-hybridized carbons (Fsp3) is 0.200. The van der Waals surface area contributed by atoms with Crippen LogP contribution in [0, 0.1) is 0 Å². The maximum atomic E-state index is 11.5. The highest BCUT2D eigenvalue weighted by Crippen LogP contribution is 2.05. The van der Waals surface area contributed by atoms with Gasteiger partial charge in [-0.25, -0.2) is 9.78 Å². The SMILES string of the molecule is Cn1ccn(Cc2ccc(Cl)nc2)c1=O. The summed E-state index contributed by atoms with van der Waals surface area (Å²) in [6.07, 6.45) is 5.14. The van der Waals surface area contributed by atoms with E-state index in [4.69, 9.17) is 11.6 Å². The lowest BCUT2D eigenvalue weighted by Crippen LogP contribution is -2.22. The van der Waals surface area contributed by atoms with Crippen molar-refractivity contribution in [2.24, 2.45) is 7.05 Å². The number of rotatable bonds is 2. The number of imidazole rings is 1. The van der Waals surface area contributed by atoms with Crippen LogP contribution < -0.4 is 5.69 Å². The van der Waals surface area contributed by atoms with Gasteiger partial charge in [0.25, 0.3) is 0 Å². The second kappa shape index (κ2) is 3.90. The molecule has 2 aromatic heterocycles. The summed E-state index contributed by atoms with van der Waals surface area (Å²) in [6, 6.07) is 3.57. The summed E-state index contributed by atoms with van der Waals surface area (Å²) in [5, 5.41) is 0.458. The number of nitrogens with zero attached hydrogens (tertiary/aromatic N) is 3. The first-order valence-electron chi connectivity index (χ1n) is 4.49. The fourth-order valence-electron chi connectivity index (χ4n) is 1.33. The molecule has 0 aliphatic carbocycles. The summed E-state index contributed by atoms with van der Waals surface area (Å²) >= 11 is 5.67. The molecule has 0 aliphatic rings. The molecule has 2 aromatic rings. The predicted molar refractivity (Wildman–Crippen MR) is 58.0 cm³/mol. The molecule has 2 rings (SSSR count). The van der Waals surface area contributed by atoms with Crippen LogP contribution in [0.15, 0.2) is 35.5 Å². The van der Waals surface area contributed by atoms with Crippen molar-refractivity contribution in [3.63, 3.8) is 0 Å². The van der Waals surface area contributed by atoms with Crippen LogP contribution in [0.1, 0.15) is 5.56 Å². The van der Waals surface area contributed by atoms with Crippen molar-refractivity contribution in [1.82, 2.24) is 14.1 Å². The zero-order chi connectivity index (χ0) is 10.8. The molecule has 0 fully saturated rings. The molecule has 15 heavy (non-hydrogen) atoms. The van der Waals surface area contributed by atoms with Gasteiger partial charge in [0.1, 0.15) is 5.15 Å². The van der Waals surface area contributed by atoms with Crippen LogP contribution in [-0.2, 0) is 13.6 Å². The molecule has 0 spiro atoms. The summed E-state index contributed by atoms with van der Waals surface area (Å²) in [5.74, 6) is 0. The first kappa shape index (κ1) is 9.98. The number of aryl methyl sites for hydroxylation is 1. The van der Waals surface area contributed by atoms with Crippen LogP contribution in [-0.4, -0.2) is 14.1 Å². The minimum absolute atomic E-state index is 0.0371. The van der Waals surface area contributed by atoms with Gasteiger partial charge in [0.05, 0.1) is 6.54 Å². The lowest BCUT2D eigenvalue weighted by atomic mass is 10.3. The summed E-state index contributed by atoms with van der Waals surface area (Å²) in [6.45, 7) is 0.518. The van der Waals surface area contributed by atoms with E-state index in [-0.39, 0.29) is 5.69 Å². The Morgan fingerprint density at radius 2 is 2.20 bits per heavy atom. The second-order valence-corrected chi connectivity index (χ2v) is 3.70. The Labute approximate surface area is 91.8 Å². The highest BCUT2D eigenvalue weighted by Gasteiger charge is 2.01. The normalized spacial score (nSPS) is 10.5. The van der Waals surface area contributed by atoms with Gasteiger partial charge in [-0.15, -0.1) is 0 Å². The molecule has 0 aromatic carbocycles. The molecule has 0 saturated heterocycles. The number of pyridine rings is 1. The lowest BCUT2D eigenvalue weighted by Gasteiger charge is -2.00. The summed E-state index contributed by atoms with van der Waals surface area (Å²) in [7, 11) is 1.72. The van der Waals surface area contributed by atoms with Crippen molar-refractivity contribution in [2.45, 2.75) is 6.54 Å². The van der Waals surface area contributed by atoms with Crippen molar-refractivity contribution in [3.8, 4) is 0 Å². The van der Waals surface area contributed by atoms with Gasteiger partial charge in [-0.3, -0.25) is 4.57 Å². The third-order valence-electron chi connectivity index (χ3n) is 2.16. The monoisotopic (exact) mass is 223 g/mol. The van der Waals surface area contributed by atoms with E-state index in [1.54, 1.807) is 36.3 Å². The van der Waals surface area contributed by atoms with Crippen molar-refractivity contribution < 1.29 is 0 Å². The van der Waals surface area contributed by atoms with Crippen LogP contribution in [0.25, 0.3) is 0 Å². The van der Waals surface area contributed by atoms with E-state index in [1.807, 2.05) is 6.07 Å². The first-order valence-corrected chi connectivity index (χ1v) is 4.87. The average molecular weight is 224 g/mol. The maximum Gasteiger partial charge on any atom is 0.328 e. The Morgan fingerprint density at radius 1 is 1.40 bits per heavy atom. The van der Waals surface area contributed by atoms with Gasteiger partial charge < -0.3 is 4.57 Å². The van der Waals surface area contributed by atoms with E-state index in [1.165, 1.54) is 4.57 Å². The van der Waals surface area contributed by atoms with E-state index >= 15 is 0 Å². The van der Waals surface area contributed by atoms with E-state index in [2.05, 4.69) is 4.98 Å². The molecule has 0 N–H and O–H groups in total. The quantitative estimate of drug-likeness (QED) is 0.720. The highest BCUT2D eigenvalue weighted by molar-refractivity contribution is 6.29. The van der Waals surface area contributed by atoms with E-state index in [0.717, 1.165) is 5.56 Å². The molecule has 5 heteroatoms. The summed E-state index contributed by atoms with van der Waals surface area (Å²) in [4.78, 5) is 15.5. The van der Waals surface area contributed by atoms with Gasteiger partial charge in [-0.05, 0) is 11.6 Å². The van der Waals surface area contributed by atoms with Gasteiger partial charge >= 0.3 is 5.69 Å². The van der Waals surface area contributed by atoms with Crippen molar-refractivity contribution >= 4 is 11.6 Å². The lowest BCUT2D eigenvalue weighted by molar-refractivity contribution is 0.716. The Kier molecular flexibility index (Phi) is 2.60. The molecule has 0 radical (unpaired) electrons. The van der Waals surface area contributed by atoms with Crippen LogP contribution in [0.3, 0.4) is 0 Å². The number of hydrogen-bond acceptors (Lipinski definition) is 2. The van der Waals surface area contributed by atoms with Crippen LogP contribution in [0.2, 0.25) is 5.15 Å². The van der Waals surface area contributed by atoms with E-state index in [9.17, 15) is 4.79 Å². The zero-order valence-corrected chi connectivity index (χ0v) is 8.98. The fourth-order valence-corrected chi connectivity index (χ4v) is 1.44. The summed E-state index contributed by atoms with van der Waals surface area (Å²) < 4.78 is 3.15. The predicted octanol–water partition coefficient (Wildman–Crippen LogP) is 1.28. The topological polar surface area (TPSA) is 39.8 Å². The molecular weight excluding hydrogens is 214 g/mol. The van der Waals surface area contributed by atoms with Crippen molar-refractivity contribution in [2.75, 3.05) is 0 Å². The van der Waals surface area contributed by atoms with Crippen LogP contribution in [0.4, 0.5) is 0 Å². The molecular formula is C10H10ClN3O. The molecule has 0 aliphatic heterocycles. The molecule has 0 amide bonds. The largest absolute Gasteiger partial charge is 0.328 e. The second-order valence-electron chi connectivity index (χ2n) is 3.31. The minimum atomic E-state index is -0.0371. The van der Waals surface area contributed by atoms with Crippen molar-refractivity contribution in [3.05, 3.63) is 51.9 Å². The smallest absolute Gasteiger partial charge is 0.302 e. The van der Waals surface area contributed by atoms with Gasteiger partial charge in [-0.2, -0.15) is 0 Å². The molecule has 2 heterocycles. The Hall–Kier alpha value is -1.55. The molecule has 0 unspecified atom stereocenters. The van der Waals surface area contributed by atoms with Gasteiger partial charge in [0.15, 0.2) is 0 Å².